The first-order valence-corrected chi connectivity index (χ1v) is 6.47. The van der Waals surface area contributed by atoms with Crippen molar-refractivity contribution in [2.45, 2.75) is 25.2 Å². The number of imide groups is 1. The number of halogens is 1. The molecule has 2 amide bonds. The van der Waals surface area contributed by atoms with Crippen molar-refractivity contribution in [3.05, 3.63) is 16.3 Å². The second-order valence-corrected chi connectivity index (χ2v) is 5.15. The molecule has 18 heavy (non-hydrogen) atoms. The Morgan fingerprint density at radius 3 is 2.94 bits per heavy atom. The number of hydrogen-bond acceptors (Lipinski definition) is 5. The van der Waals surface area contributed by atoms with Crippen LogP contribution in [0, 0.1) is 0 Å². The van der Waals surface area contributed by atoms with Gasteiger partial charge in [0, 0.05) is 30.8 Å². The van der Waals surface area contributed by atoms with Crippen LogP contribution in [0.5, 0.6) is 5.75 Å². The largest absolute Gasteiger partial charge is 0.401 e. The fourth-order valence-electron chi connectivity index (χ4n) is 2.16. The van der Waals surface area contributed by atoms with E-state index in [-0.39, 0.29) is 25.3 Å². The Balaban J connectivity index is 1.86. The lowest BCUT2D eigenvalue weighted by Crippen LogP contribution is -2.60. The van der Waals surface area contributed by atoms with Crippen molar-refractivity contribution in [2.75, 3.05) is 7.05 Å². The van der Waals surface area contributed by atoms with E-state index < -0.39 is 11.7 Å². The van der Waals surface area contributed by atoms with E-state index >= 15 is 0 Å². The van der Waals surface area contributed by atoms with Gasteiger partial charge in [-0.1, -0.05) is 5.06 Å². The Bertz CT molecular complexity index is 512. The van der Waals surface area contributed by atoms with Crippen molar-refractivity contribution in [3.8, 4) is 5.75 Å². The molecule has 0 spiro atoms. The minimum atomic E-state index is -2.25. The summed E-state index contributed by atoms with van der Waals surface area (Å²) in [5.41, 5.74) is 0.865. The quantitative estimate of drug-likeness (QED) is 0.570. The van der Waals surface area contributed by atoms with Gasteiger partial charge in [0.2, 0.25) is 5.91 Å². The van der Waals surface area contributed by atoms with Gasteiger partial charge in [0.1, 0.15) is 0 Å². The average molecular weight is 270 g/mol. The minimum absolute atomic E-state index is 0.00540. The maximum absolute atomic E-state index is 14.8. The Morgan fingerprint density at radius 2 is 2.22 bits per heavy atom. The molecule has 7 heteroatoms. The van der Waals surface area contributed by atoms with Gasteiger partial charge in [-0.3, -0.25) is 14.5 Å². The zero-order valence-corrected chi connectivity index (χ0v) is 10.5. The molecule has 96 valence electrons. The zero-order valence-electron chi connectivity index (χ0n) is 9.68. The van der Waals surface area contributed by atoms with Crippen LogP contribution in [0.4, 0.5) is 4.39 Å². The summed E-state index contributed by atoms with van der Waals surface area (Å²) in [6, 6.07) is 0. The molecule has 2 aliphatic heterocycles. The van der Waals surface area contributed by atoms with Crippen molar-refractivity contribution in [3.63, 3.8) is 0 Å². The van der Waals surface area contributed by atoms with Crippen molar-refractivity contribution < 1.29 is 18.8 Å². The summed E-state index contributed by atoms with van der Waals surface area (Å²) in [5, 5.41) is 4.66. The fourth-order valence-corrected chi connectivity index (χ4v) is 2.90. The van der Waals surface area contributed by atoms with Gasteiger partial charge in [0.15, 0.2) is 5.75 Å². The second-order valence-electron chi connectivity index (χ2n) is 4.41. The van der Waals surface area contributed by atoms with Crippen LogP contribution in [0.2, 0.25) is 0 Å². The molecule has 0 unspecified atom stereocenters. The molecule has 3 rings (SSSR count). The lowest BCUT2D eigenvalue weighted by atomic mass is 10.0. The number of alkyl halides is 1. The molecule has 1 saturated heterocycles. The summed E-state index contributed by atoms with van der Waals surface area (Å²) in [6.07, 6.45) is -0.159. The maximum atomic E-state index is 14.8. The lowest BCUT2D eigenvalue weighted by molar-refractivity contribution is -0.217. The van der Waals surface area contributed by atoms with E-state index in [1.54, 1.807) is 5.38 Å². The number of amides is 2. The van der Waals surface area contributed by atoms with Crippen LogP contribution in [0.15, 0.2) is 10.8 Å². The van der Waals surface area contributed by atoms with Crippen LogP contribution in [0.25, 0.3) is 0 Å². The molecule has 0 radical (unpaired) electrons. The molecular formula is C11H11FN2O3S. The van der Waals surface area contributed by atoms with Crippen LogP contribution in [0.1, 0.15) is 18.4 Å². The van der Waals surface area contributed by atoms with Gasteiger partial charge in [0.25, 0.3) is 11.7 Å². The predicted molar refractivity (Wildman–Crippen MR) is 61.3 cm³/mol. The fraction of sp³-hybridized carbons (Fsp3) is 0.455. The maximum Gasteiger partial charge on any atom is 0.285 e. The van der Waals surface area contributed by atoms with Gasteiger partial charge in [-0.15, -0.1) is 11.3 Å². The summed E-state index contributed by atoms with van der Waals surface area (Å²) in [4.78, 5) is 29.5. The van der Waals surface area contributed by atoms with E-state index in [2.05, 4.69) is 0 Å². The van der Waals surface area contributed by atoms with Crippen molar-refractivity contribution in [1.29, 1.82) is 0 Å². The van der Waals surface area contributed by atoms with E-state index in [0.717, 1.165) is 15.5 Å². The third-order valence-corrected chi connectivity index (χ3v) is 4.07. The number of carbonyl (C=O) groups is 2. The second kappa shape index (κ2) is 3.76. The minimum Gasteiger partial charge on any atom is -0.401 e. The molecule has 0 N–H and O–H groups in total. The summed E-state index contributed by atoms with van der Waals surface area (Å²) in [7, 11) is 1.30. The first-order chi connectivity index (χ1) is 8.52. The predicted octanol–water partition coefficient (Wildman–Crippen LogP) is 1.30. The monoisotopic (exact) mass is 270 g/mol. The van der Waals surface area contributed by atoms with Gasteiger partial charge in [-0.2, -0.15) is 0 Å². The molecule has 0 aromatic carbocycles. The van der Waals surface area contributed by atoms with E-state index in [1.807, 2.05) is 5.38 Å². The number of carbonyl (C=O) groups excluding carboxylic acids is 2. The number of nitrogens with zero attached hydrogens (tertiary/aromatic N) is 2. The van der Waals surface area contributed by atoms with Crippen molar-refractivity contribution in [2.24, 2.45) is 0 Å². The number of likely N-dealkylation sites (N-methyl/N-ethyl adjacent to an activating group) is 1. The SMILES string of the molecule is CN1C(=O)CC[C@@](F)(N2Cc3cscc3O2)C1=O. The van der Waals surface area contributed by atoms with Crippen LogP contribution in [0.3, 0.4) is 0 Å². The Labute approximate surface area is 107 Å². The number of fused-ring (bicyclic) bond motifs is 1. The number of rotatable bonds is 1. The highest BCUT2D eigenvalue weighted by atomic mass is 32.1. The summed E-state index contributed by atoms with van der Waals surface area (Å²) >= 11 is 1.47. The molecule has 0 aliphatic carbocycles. The summed E-state index contributed by atoms with van der Waals surface area (Å²) < 4.78 is 14.8. The molecule has 1 fully saturated rings. The Morgan fingerprint density at radius 1 is 1.44 bits per heavy atom. The number of piperidine rings is 1. The van der Waals surface area contributed by atoms with Crippen LogP contribution >= 0.6 is 11.3 Å². The summed E-state index contributed by atoms with van der Waals surface area (Å²) in [5.74, 6) is -2.88. The summed E-state index contributed by atoms with van der Waals surface area (Å²) in [6.45, 7) is 0.225. The highest BCUT2D eigenvalue weighted by Gasteiger charge is 2.54. The van der Waals surface area contributed by atoms with Gasteiger partial charge in [0.05, 0.1) is 6.54 Å². The molecule has 0 saturated carbocycles. The van der Waals surface area contributed by atoms with E-state index in [9.17, 15) is 14.0 Å². The van der Waals surface area contributed by atoms with Crippen molar-refractivity contribution in [1.82, 2.24) is 9.96 Å². The molecule has 3 heterocycles. The molecule has 5 nitrogen and oxygen atoms in total. The standard InChI is InChI=1S/C11H11FN2O3S/c1-13-9(15)2-3-11(12,10(13)16)14-4-7-5-18-6-8(7)17-14/h5-6H,2-4H2,1H3/t11-/m1/s1. The van der Waals surface area contributed by atoms with Gasteiger partial charge in [-0.05, 0) is 5.38 Å². The first-order valence-electron chi connectivity index (χ1n) is 5.53. The highest BCUT2D eigenvalue weighted by Crippen LogP contribution is 2.39. The number of thiophene rings is 1. The Kier molecular flexibility index (Phi) is 2.43. The van der Waals surface area contributed by atoms with Gasteiger partial charge < -0.3 is 4.84 Å². The molecule has 0 bridgehead atoms. The Hall–Kier alpha value is -1.47. The van der Waals surface area contributed by atoms with Gasteiger partial charge in [-0.25, -0.2) is 4.39 Å². The number of hydroxylamine groups is 2. The molecule has 1 aromatic heterocycles. The van der Waals surface area contributed by atoms with Crippen LogP contribution in [-0.4, -0.2) is 34.6 Å². The van der Waals surface area contributed by atoms with Crippen LogP contribution < -0.4 is 4.84 Å². The topological polar surface area (TPSA) is 49.9 Å². The lowest BCUT2D eigenvalue weighted by Gasteiger charge is -2.37. The molecule has 1 atom stereocenters. The molecular weight excluding hydrogens is 259 g/mol. The number of likely N-dealkylation sites (tertiary alicyclic amines) is 1. The molecule has 2 aliphatic rings. The highest BCUT2D eigenvalue weighted by molar-refractivity contribution is 7.08. The molecule has 1 aromatic rings. The number of hydrogen-bond donors (Lipinski definition) is 0. The average Bonchev–Trinajstić information content (AvgIpc) is 2.92. The van der Waals surface area contributed by atoms with E-state index in [4.69, 9.17) is 4.84 Å². The zero-order chi connectivity index (χ0) is 12.9. The van der Waals surface area contributed by atoms with E-state index in [0.29, 0.717) is 5.75 Å². The third kappa shape index (κ3) is 1.47. The smallest absolute Gasteiger partial charge is 0.285 e. The van der Waals surface area contributed by atoms with E-state index in [1.165, 1.54) is 18.4 Å². The van der Waals surface area contributed by atoms with Crippen molar-refractivity contribution >= 4 is 23.2 Å². The van der Waals surface area contributed by atoms with Crippen LogP contribution in [-0.2, 0) is 16.1 Å². The third-order valence-electron chi connectivity index (χ3n) is 3.30. The first kappa shape index (κ1) is 11.6. The normalized spacial score (nSPS) is 28.4. The van der Waals surface area contributed by atoms with Gasteiger partial charge >= 0.3 is 0 Å².